The fraction of sp³-hybridized carbons (Fsp3) is 0.238. The monoisotopic (exact) mass is 419 g/mol. The summed E-state index contributed by atoms with van der Waals surface area (Å²) in [5.74, 6) is 0.565. The summed E-state index contributed by atoms with van der Waals surface area (Å²) in [6, 6.07) is 10.5. The minimum absolute atomic E-state index is 0.0770. The maximum atomic E-state index is 13.2. The maximum absolute atomic E-state index is 13.2. The Balaban J connectivity index is 1.87. The highest BCUT2D eigenvalue weighted by Gasteiger charge is 2.31. The van der Waals surface area contributed by atoms with Crippen molar-refractivity contribution in [2.45, 2.75) is 26.1 Å². The Labute approximate surface area is 171 Å². The van der Waals surface area contributed by atoms with Crippen LogP contribution in [0, 0.1) is 0 Å². The van der Waals surface area contributed by atoms with Gasteiger partial charge in [-0.25, -0.2) is 0 Å². The predicted molar refractivity (Wildman–Crippen MR) is 105 cm³/mol. The van der Waals surface area contributed by atoms with E-state index in [1.807, 2.05) is 6.92 Å². The van der Waals surface area contributed by atoms with Gasteiger partial charge in [-0.15, -0.1) is 0 Å². The molecule has 0 fully saturated rings. The van der Waals surface area contributed by atoms with Crippen molar-refractivity contribution in [3.05, 3.63) is 66.5 Å². The molecule has 1 unspecified atom stereocenters. The van der Waals surface area contributed by atoms with Crippen LogP contribution in [0.25, 0.3) is 0 Å². The molecule has 1 atom stereocenters. The lowest BCUT2D eigenvalue weighted by molar-refractivity contribution is -0.137. The van der Waals surface area contributed by atoms with Crippen LogP contribution in [0.3, 0.4) is 0 Å². The molecule has 158 valence electrons. The smallest absolute Gasteiger partial charge is 0.416 e. The van der Waals surface area contributed by atoms with Gasteiger partial charge in [-0.2, -0.15) is 18.3 Å². The van der Waals surface area contributed by atoms with Gasteiger partial charge < -0.3 is 14.8 Å². The number of anilines is 1. The molecule has 30 heavy (non-hydrogen) atoms. The normalized spacial score (nSPS) is 12.3. The lowest BCUT2D eigenvalue weighted by Gasteiger charge is -2.17. The average molecular weight is 419 g/mol. The topological polar surface area (TPSA) is 65.4 Å². The van der Waals surface area contributed by atoms with Crippen LogP contribution in [-0.4, -0.2) is 22.3 Å². The molecule has 6 nitrogen and oxygen atoms in total. The van der Waals surface area contributed by atoms with Crippen LogP contribution < -0.4 is 14.8 Å². The molecule has 0 saturated carbocycles. The third kappa shape index (κ3) is 5.11. The Hall–Kier alpha value is -3.49. The molecule has 3 rings (SSSR count). The van der Waals surface area contributed by atoms with Crippen molar-refractivity contribution in [3.63, 3.8) is 0 Å². The summed E-state index contributed by atoms with van der Waals surface area (Å²) < 4.78 is 52.0. The van der Waals surface area contributed by atoms with Crippen LogP contribution in [0.1, 0.15) is 25.5 Å². The number of halogens is 3. The fourth-order valence-corrected chi connectivity index (χ4v) is 2.66. The average Bonchev–Trinajstić information content (AvgIpc) is 3.24. The number of rotatable bonds is 7. The van der Waals surface area contributed by atoms with Gasteiger partial charge >= 0.3 is 6.18 Å². The zero-order chi connectivity index (χ0) is 21.7. The summed E-state index contributed by atoms with van der Waals surface area (Å²) in [5.41, 5.74) is -0.994. The Bertz CT molecular complexity index is 987. The molecule has 0 aliphatic rings. The van der Waals surface area contributed by atoms with E-state index in [-0.39, 0.29) is 11.4 Å². The number of amides is 1. The highest BCUT2D eigenvalue weighted by atomic mass is 19.4. The van der Waals surface area contributed by atoms with E-state index in [0.717, 1.165) is 12.1 Å². The molecule has 9 heteroatoms. The molecule has 2 aromatic carbocycles. The molecule has 3 aromatic rings. The highest BCUT2D eigenvalue weighted by Crippen LogP contribution is 2.37. The Kier molecular flexibility index (Phi) is 6.29. The summed E-state index contributed by atoms with van der Waals surface area (Å²) in [7, 11) is 0. The van der Waals surface area contributed by atoms with Crippen LogP contribution >= 0.6 is 0 Å². The molecule has 0 bridgehead atoms. The molecule has 0 aliphatic carbocycles. The van der Waals surface area contributed by atoms with Gasteiger partial charge in [-0.05, 0) is 62.4 Å². The lowest BCUT2D eigenvalue weighted by Crippen LogP contribution is -2.24. The number of aromatic nitrogens is 2. The van der Waals surface area contributed by atoms with Crippen LogP contribution in [0.15, 0.2) is 60.9 Å². The standard InChI is InChI=1S/C21H20F3N3O3/c1-3-29-16-6-8-17(9-7-16)30-19-10-5-15(21(22,23)24)13-18(19)26-20(28)14(2)27-12-4-11-25-27/h4-14H,3H2,1-2H3,(H,26,28). The first-order valence-corrected chi connectivity index (χ1v) is 9.20. The van der Waals surface area contributed by atoms with Crippen molar-refractivity contribution in [1.82, 2.24) is 9.78 Å². The molecular formula is C21H20F3N3O3. The first kappa shape index (κ1) is 21.2. The van der Waals surface area contributed by atoms with Crippen molar-refractivity contribution >= 4 is 11.6 Å². The number of hydrogen-bond acceptors (Lipinski definition) is 4. The van der Waals surface area contributed by atoms with E-state index in [4.69, 9.17) is 9.47 Å². The SMILES string of the molecule is CCOc1ccc(Oc2ccc(C(F)(F)F)cc2NC(=O)C(C)n2cccn2)cc1. The van der Waals surface area contributed by atoms with Gasteiger partial charge in [0.2, 0.25) is 5.91 Å². The van der Waals surface area contributed by atoms with Crippen molar-refractivity contribution < 1.29 is 27.4 Å². The zero-order valence-corrected chi connectivity index (χ0v) is 16.3. The number of ether oxygens (including phenoxy) is 2. The number of carbonyl (C=O) groups is 1. The van der Waals surface area contributed by atoms with Crippen LogP contribution in [0.5, 0.6) is 17.2 Å². The van der Waals surface area contributed by atoms with Gasteiger partial charge in [0.25, 0.3) is 0 Å². The Morgan fingerprint density at radius 3 is 2.47 bits per heavy atom. The predicted octanol–water partition coefficient (Wildman–Crippen LogP) is 5.29. The largest absolute Gasteiger partial charge is 0.494 e. The molecule has 1 heterocycles. The van der Waals surface area contributed by atoms with Crippen LogP contribution in [0.2, 0.25) is 0 Å². The summed E-state index contributed by atoms with van der Waals surface area (Å²) in [6.07, 6.45) is -1.47. The highest BCUT2D eigenvalue weighted by molar-refractivity contribution is 5.95. The van der Waals surface area contributed by atoms with Crippen molar-refractivity contribution in [2.24, 2.45) is 0 Å². The zero-order valence-electron chi connectivity index (χ0n) is 16.3. The minimum Gasteiger partial charge on any atom is -0.494 e. The number of benzene rings is 2. The lowest BCUT2D eigenvalue weighted by atomic mass is 10.1. The summed E-state index contributed by atoms with van der Waals surface area (Å²) in [5, 5.41) is 6.50. The van der Waals surface area contributed by atoms with Gasteiger partial charge in [-0.1, -0.05) is 0 Å². The van der Waals surface area contributed by atoms with Gasteiger partial charge in [-0.3, -0.25) is 9.48 Å². The molecule has 0 spiro atoms. The van der Waals surface area contributed by atoms with E-state index >= 15 is 0 Å². The number of nitrogens with one attached hydrogen (secondary N) is 1. The van der Waals surface area contributed by atoms with E-state index < -0.39 is 23.7 Å². The molecule has 0 radical (unpaired) electrons. The van der Waals surface area contributed by atoms with E-state index in [1.165, 1.54) is 16.9 Å². The van der Waals surface area contributed by atoms with E-state index in [2.05, 4.69) is 10.4 Å². The quantitative estimate of drug-likeness (QED) is 0.565. The minimum atomic E-state index is -4.56. The summed E-state index contributed by atoms with van der Waals surface area (Å²) in [4.78, 5) is 12.6. The Morgan fingerprint density at radius 2 is 1.87 bits per heavy atom. The van der Waals surface area contributed by atoms with Crippen LogP contribution in [0.4, 0.5) is 18.9 Å². The third-order valence-electron chi connectivity index (χ3n) is 4.23. The summed E-state index contributed by atoms with van der Waals surface area (Å²) in [6.45, 7) is 3.94. The number of alkyl halides is 3. The van der Waals surface area contributed by atoms with Crippen molar-refractivity contribution in [3.8, 4) is 17.2 Å². The van der Waals surface area contributed by atoms with E-state index in [9.17, 15) is 18.0 Å². The van der Waals surface area contributed by atoms with E-state index in [0.29, 0.717) is 18.1 Å². The van der Waals surface area contributed by atoms with E-state index in [1.54, 1.807) is 43.5 Å². The second-order valence-electron chi connectivity index (χ2n) is 6.37. The molecule has 1 N–H and O–H groups in total. The van der Waals surface area contributed by atoms with Gasteiger partial charge in [0.15, 0.2) is 5.75 Å². The van der Waals surface area contributed by atoms with Crippen LogP contribution in [-0.2, 0) is 11.0 Å². The molecule has 0 saturated heterocycles. The third-order valence-corrected chi connectivity index (χ3v) is 4.23. The number of nitrogens with zero attached hydrogens (tertiary/aromatic N) is 2. The molecular weight excluding hydrogens is 399 g/mol. The summed E-state index contributed by atoms with van der Waals surface area (Å²) >= 11 is 0. The number of carbonyl (C=O) groups excluding carboxylic acids is 1. The molecule has 0 aliphatic heterocycles. The van der Waals surface area contributed by atoms with Gasteiger partial charge in [0.05, 0.1) is 17.9 Å². The van der Waals surface area contributed by atoms with Gasteiger partial charge in [0, 0.05) is 12.4 Å². The number of hydrogen-bond donors (Lipinski definition) is 1. The molecule has 1 amide bonds. The van der Waals surface area contributed by atoms with Crippen molar-refractivity contribution in [2.75, 3.05) is 11.9 Å². The van der Waals surface area contributed by atoms with Crippen molar-refractivity contribution in [1.29, 1.82) is 0 Å². The first-order valence-electron chi connectivity index (χ1n) is 9.20. The maximum Gasteiger partial charge on any atom is 0.416 e. The fourth-order valence-electron chi connectivity index (χ4n) is 2.66. The second-order valence-corrected chi connectivity index (χ2v) is 6.37. The molecule has 1 aromatic heterocycles. The first-order chi connectivity index (χ1) is 14.3. The Morgan fingerprint density at radius 1 is 1.17 bits per heavy atom. The second kappa shape index (κ2) is 8.89. The van der Waals surface area contributed by atoms with Gasteiger partial charge in [0.1, 0.15) is 17.5 Å².